The summed E-state index contributed by atoms with van der Waals surface area (Å²) in [5, 5.41) is 3.25. The molecule has 5 aromatic rings. The van der Waals surface area contributed by atoms with E-state index in [4.69, 9.17) is 4.74 Å². The Morgan fingerprint density at radius 1 is 0.972 bits per heavy atom. The number of hydrogen-bond donors (Lipinski definition) is 1. The summed E-state index contributed by atoms with van der Waals surface area (Å²) in [5.41, 5.74) is 3.71. The topological polar surface area (TPSA) is 79.0 Å². The molecule has 0 spiro atoms. The number of alkyl halides is 3. The fraction of sp³-hybridized carbons (Fsp3) is 0.160. The first kappa shape index (κ1) is 23.2. The van der Waals surface area contributed by atoms with Crippen LogP contribution in [0.3, 0.4) is 0 Å². The number of methoxy groups -OCH3 is 1. The van der Waals surface area contributed by atoms with Crippen LogP contribution >= 0.6 is 0 Å². The largest absolute Gasteiger partial charge is 0.573 e. The molecule has 0 aliphatic heterocycles. The summed E-state index contributed by atoms with van der Waals surface area (Å²) in [6.07, 6.45) is -1.28. The predicted molar refractivity (Wildman–Crippen MR) is 129 cm³/mol. The molecule has 0 saturated carbocycles. The summed E-state index contributed by atoms with van der Waals surface area (Å²) in [4.78, 5) is 13.5. The Morgan fingerprint density at radius 2 is 1.78 bits per heavy atom. The summed E-state index contributed by atoms with van der Waals surface area (Å²) in [5.74, 6) is 0.905. The molecule has 2 aromatic carbocycles. The third-order valence-corrected chi connectivity index (χ3v) is 5.55. The van der Waals surface area contributed by atoms with Crippen LogP contribution in [0, 0.1) is 6.92 Å². The van der Waals surface area contributed by atoms with Crippen molar-refractivity contribution >= 4 is 22.5 Å². The molecule has 3 aromatic heterocycles. The van der Waals surface area contributed by atoms with Crippen molar-refractivity contribution in [2.75, 3.05) is 12.4 Å². The molecule has 5 rings (SSSR count). The second-order valence-corrected chi connectivity index (χ2v) is 7.98. The molecule has 0 unspecified atom stereocenters. The van der Waals surface area contributed by atoms with Gasteiger partial charge >= 0.3 is 6.36 Å². The van der Waals surface area contributed by atoms with Crippen molar-refractivity contribution in [3.05, 3.63) is 72.8 Å². The van der Waals surface area contributed by atoms with Gasteiger partial charge in [-0.1, -0.05) is 18.2 Å². The lowest BCUT2D eigenvalue weighted by molar-refractivity contribution is -0.274. The molecule has 0 saturated heterocycles. The summed E-state index contributed by atoms with van der Waals surface area (Å²) in [7, 11) is 3.27. The summed E-state index contributed by atoms with van der Waals surface area (Å²) < 4.78 is 52.2. The van der Waals surface area contributed by atoms with Gasteiger partial charge in [0.15, 0.2) is 0 Å². The van der Waals surface area contributed by atoms with Crippen molar-refractivity contribution < 1.29 is 22.6 Å². The van der Waals surface area contributed by atoms with Crippen molar-refractivity contribution in [1.82, 2.24) is 24.1 Å². The van der Waals surface area contributed by atoms with Gasteiger partial charge in [0.1, 0.15) is 28.6 Å². The zero-order valence-electron chi connectivity index (χ0n) is 19.5. The average Bonchev–Trinajstić information content (AvgIpc) is 3.42. The number of ether oxygens (including phenoxy) is 2. The first-order valence-electron chi connectivity index (χ1n) is 10.9. The third-order valence-electron chi connectivity index (χ3n) is 5.55. The number of rotatable bonds is 6. The lowest BCUT2D eigenvalue weighted by atomic mass is 10.2. The first-order chi connectivity index (χ1) is 17.2. The lowest BCUT2D eigenvalue weighted by Crippen LogP contribution is -2.17. The highest BCUT2D eigenvalue weighted by atomic mass is 19.4. The minimum Gasteiger partial charge on any atom is -0.479 e. The molecular formula is C25H21F3N6O2. The van der Waals surface area contributed by atoms with Crippen LogP contribution in [0.1, 0.15) is 5.69 Å². The minimum absolute atomic E-state index is 0.222. The first-order valence-corrected chi connectivity index (χ1v) is 10.9. The van der Waals surface area contributed by atoms with Gasteiger partial charge in [-0.2, -0.15) is 4.98 Å². The number of anilines is 2. The van der Waals surface area contributed by atoms with Gasteiger partial charge in [0.25, 0.3) is 0 Å². The molecule has 184 valence electrons. The summed E-state index contributed by atoms with van der Waals surface area (Å²) in [6, 6.07) is 15.0. The van der Waals surface area contributed by atoms with Crippen LogP contribution in [0.15, 0.2) is 67.1 Å². The monoisotopic (exact) mass is 494 g/mol. The number of benzene rings is 2. The molecule has 0 aliphatic rings. The molecule has 0 amide bonds. The zero-order chi connectivity index (χ0) is 25.4. The maximum atomic E-state index is 13.0. The van der Waals surface area contributed by atoms with E-state index in [0.29, 0.717) is 34.2 Å². The molecule has 0 bridgehead atoms. The molecule has 11 heteroatoms. The molecule has 0 aliphatic carbocycles. The Hall–Kier alpha value is -4.54. The van der Waals surface area contributed by atoms with Gasteiger partial charge < -0.3 is 23.9 Å². The molecule has 0 fully saturated rings. The fourth-order valence-corrected chi connectivity index (χ4v) is 3.96. The van der Waals surface area contributed by atoms with E-state index in [2.05, 4.69) is 25.0 Å². The Morgan fingerprint density at radius 3 is 2.50 bits per heavy atom. The average molecular weight is 494 g/mol. The van der Waals surface area contributed by atoms with Crippen molar-refractivity contribution in [2.45, 2.75) is 13.3 Å². The van der Waals surface area contributed by atoms with Crippen molar-refractivity contribution in [3.8, 4) is 28.7 Å². The molecule has 36 heavy (non-hydrogen) atoms. The van der Waals surface area contributed by atoms with E-state index in [9.17, 15) is 13.2 Å². The van der Waals surface area contributed by atoms with Crippen molar-refractivity contribution in [2.24, 2.45) is 7.05 Å². The van der Waals surface area contributed by atoms with Crippen LogP contribution in [0.5, 0.6) is 11.6 Å². The van der Waals surface area contributed by atoms with E-state index < -0.39 is 6.36 Å². The van der Waals surface area contributed by atoms with Gasteiger partial charge in [0.2, 0.25) is 5.88 Å². The van der Waals surface area contributed by atoms with Crippen LogP contribution in [-0.2, 0) is 7.05 Å². The lowest BCUT2D eigenvalue weighted by Gasteiger charge is -2.12. The van der Waals surface area contributed by atoms with Crippen molar-refractivity contribution in [1.29, 1.82) is 0 Å². The fourth-order valence-electron chi connectivity index (χ4n) is 3.96. The van der Waals surface area contributed by atoms with Crippen molar-refractivity contribution in [3.63, 3.8) is 0 Å². The number of hydrogen-bond acceptors (Lipinski definition) is 6. The zero-order valence-corrected chi connectivity index (χ0v) is 19.5. The number of halogens is 3. The quantitative estimate of drug-likeness (QED) is 0.322. The highest BCUT2D eigenvalue weighted by Gasteiger charge is 2.32. The number of aromatic nitrogens is 5. The highest BCUT2D eigenvalue weighted by molar-refractivity contribution is 5.93. The highest BCUT2D eigenvalue weighted by Crippen LogP contribution is 2.36. The van der Waals surface area contributed by atoms with Crippen LogP contribution in [0.4, 0.5) is 24.7 Å². The minimum atomic E-state index is -4.82. The summed E-state index contributed by atoms with van der Waals surface area (Å²) >= 11 is 0. The second kappa shape index (κ2) is 8.91. The standard InChI is InChI=1S/C25H21F3N6O2/c1-15-13-34(14-29-15)19-11-12-21(31-24(19)35-3)30-17-8-6-9-18-22(17)32-23(33(18)2)16-7-4-5-10-20(16)36-25(26,27)28/h4-14H,1-3H3,(H,30,31). The molecule has 3 heterocycles. The maximum Gasteiger partial charge on any atom is 0.573 e. The normalized spacial score (nSPS) is 11.6. The van der Waals surface area contributed by atoms with Gasteiger partial charge in [-0.05, 0) is 43.3 Å². The van der Waals surface area contributed by atoms with Gasteiger partial charge in [0, 0.05) is 13.2 Å². The van der Waals surface area contributed by atoms with Gasteiger partial charge in [0.05, 0.1) is 35.9 Å². The second-order valence-electron chi connectivity index (χ2n) is 7.98. The van der Waals surface area contributed by atoms with Crippen LogP contribution < -0.4 is 14.8 Å². The molecule has 8 nitrogen and oxygen atoms in total. The number of aryl methyl sites for hydroxylation is 2. The van der Waals surface area contributed by atoms with Crippen LogP contribution in [0.2, 0.25) is 0 Å². The number of pyridine rings is 1. The number of fused-ring (bicyclic) bond motifs is 1. The van der Waals surface area contributed by atoms with Gasteiger partial charge in [-0.15, -0.1) is 13.2 Å². The SMILES string of the molecule is COc1nc(Nc2cccc3c2nc(-c2ccccc2OC(F)(F)F)n3C)ccc1-n1cnc(C)c1. The number of nitrogens with zero attached hydrogens (tertiary/aromatic N) is 5. The number of para-hydroxylation sites is 2. The van der Waals surface area contributed by atoms with E-state index in [1.54, 1.807) is 36.1 Å². The molecular weight excluding hydrogens is 473 g/mol. The summed E-state index contributed by atoms with van der Waals surface area (Å²) in [6.45, 7) is 1.89. The Balaban J connectivity index is 1.54. The van der Waals surface area contributed by atoms with Gasteiger partial charge in [-0.3, -0.25) is 0 Å². The maximum absolute atomic E-state index is 13.0. The van der Waals surface area contributed by atoms with Gasteiger partial charge in [-0.25, -0.2) is 9.97 Å². The third kappa shape index (κ3) is 4.42. The predicted octanol–water partition coefficient (Wildman–Crippen LogP) is 5.78. The van der Waals surface area contributed by atoms with E-state index in [-0.39, 0.29) is 11.3 Å². The van der Waals surface area contributed by atoms with E-state index in [1.165, 1.54) is 19.2 Å². The number of nitrogens with one attached hydrogen (secondary N) is 1. The molecule has 0 atom stereocenters. The smallest absolute Gasteiger partial charge is 0.479 e. The van der Waals surface area contributed by atoms with Crippen LogP contribution in [-0.4, -0.2) is 37.6 Å². The number of imidazole rings is 2. The Labute approximate surface area is 204 Å². The van der Waals surface area contributed by atoms with E-state index >= 15 is 0 Å². The Bertz CT molecular complexity index is 1560. The molecule has 0 radical (unpaired) electrons. The van der Waals surface area contributed by atoms with E-state index in [0.717, 1.165) is 11.4 Å². The molecule has 1 N–H and O–H groups in total. The van der Waals surface area contributed by atoms with Crippen LogP contribution in [0.25, 0.3) is 28.1 Å². The van der Waals surface area contributed by atoms with E-state index in [1.807, 2.05) is 42.0 Å². The Kier molecular flexibility index (Phi) is 5.75.